The van der Waals surface area contributed by atoms with Crippen molar-refractivity contribution in [3.63, 3.8) is 0 Å². The van der Waals surface area contributed by atoms with Crippen molar-refractivity contribution in [2.75, 3.05) is 0 Å². The van der Waals surface area contributed by atoms with E-state index in [4.69, 9.17) is 5.11 Å². The first-order chi connectivity index (χ1) is 8.53. The van der Waals surface area contributed by atoms with Crippen LogP contribution in [0.1, 0.15) is 23.7 Å². The van der Waals surface area contributed by atoms with Gasteiger partial charge in [-0.2, -0.15) is 5.10 Å². The third-order valence-electron chi connectivity index (χ3n) is 2.23. The Kier molecular flexibility index (Phi) is 3.76. The average molecular weight is 288 g/mol. The molecule has 0 spiro atoms. The molecule has 3 N–H and O–H groups in total. The number of aromatic nitrogens is 3. The maximum absolute atomic E-state index is 12.0. The van der Waals surface area contributed by atoms with Gasteiger partial charge in [0.05, 0.1) is 12.6 Å². The Labute approximate surface area is 108 Å². The number of aliphatic hydroxyl groups is 1. The number of nitrogens with one attached hydrogen (secondary N) is 2. The second-order valence-corrected chi connectivity index (χ2v) is 6.70. The summed E-state index contributed by atoms with van der Waals surface area (Å²) in [7, 11) is -3.61. The fraction of sp³-hybridized carbons (Fsp3) is 0.333. The van der Waals surface area contributed by atoms with Crippen LogP contribution < -0.4 is 4.72 Å². The molecule has 0 saturated carbocycles. The third-order valence-corrected chi connectivity index (χ3v) is 5.34. The van der Waals surface area contributed by atoms with Crippen molar-refractivity contribution >= 4 is 21.4 Å². The van der Waals surface area contributed by atoms with Crippen LogP contribution in [0.4, 0.5) is 0 Å². The summed E-state index contributed by atoms with van der Waals surface area (Å²) < 4.78 is 26.7. The van der Waals surface area contributed by atoms with E-state index < -0.39 is 16.1 Å². The smallest absolute Gasteiger partial charge is 0.250 e. The predicted molar refractivity (Wildman–Crippen MR) is 65.4 cm³/mol. The Hall–Kier alpha value is -1.29. The molecule has 0 radical (unpaired) electrons. The van der Waals surface area contributed by atoms with Crippen LogP contribution in [0.3, 0.4) is 0 Å². The van der Waals surface area contributed by atoms with Gasteiger partial charge in [0.2, 0.25) is 0 Å². The van der Waals surface area contributed by atoms with E-state index in [0.29, 0.717) is 10.7 Å². The minimum Gasteiger partial charge on any atom is -0.391 e. The van der Waals surface area contributed by atoms with Gasteiger partial charge in [-0.3, -0.25) is 5.10 Å². The van der Waals surface area contributed by atoms with E-state index in [1.807, 2.05) is 0 Å². The lowest BCUT2D eigenvalue weighted by atomic mass is 10.3. The van der Waals surface area contributed by atoms with Gasteiger partial charge in [-0.1, -0.05) is 0 Å². The molecule has 0 bridgehead atoms. The highest BCUT2D eigenvalue weighted by Crippen LogP contribution is 2.22. The monoisotopic (exact) mass is 288 g/mol. The van der Waals surface area contributed by atoms with Gasteiger partial charge in [-0.05, 0) is 19.1 Å². The van der Waals surface area contributed by atoms with Crippen LogP contribution in [0.25, 0.3) is 0 Å². The van der Waals surface area contributed by atoms with E-state index in [2.05, 4.69) is 19.9 Å². The molecule has 18 heavy (non-hydrogen) atoms. The van der Waals surface area contributed by atoms with Crippen LogP contribution >= 0.6 is 11.3 Å². The Morgan fingerprint density at radius 2 is 2.33 bits per heavy atom. The Bertz CT molecular complexity index is 606. The lowest BCUT2D eigenvalue weighted by molar-refractivity contribution is 0.285. The molecule has 1 unspecified atom stereocenters. The van der Waals surface area contributed by atoms with Crippen molar-refractivity contribution < 1.29 is 13.5 Å². The maximum Gasteiger partial charge on any atom is 0.250 e. The van der Waals surface area contributed by atoms with E-state index in [1.54, 1.807) is 13.0 Å². The number of nitrogens with zero attached hydrogens (tertiary/aromatic N) is 2. The predicted octanol–water partition coefficient (Wildman–Crippen LogP) is 0.398. The average Bonchev–Trinajstić information content (AvgIpc) is 3.00. The molecule has 0 amide bonds. The van der Waals surface area contributed by atoms with Gasteiger partial charge < -0.3 is 5.11 Å². The first kappa shape index (κ1) is 13.1. The second kappa shape index (κ2) is 5.14. The number of hydrogen-bond acceptors (Lipinski definition) is 6. The van der Waals surface area contributed by atoms with Gasteiger partial charge in [0.25, 0.3) is 10.0 Å². The van der Waals surface area contributed by atoms with E-state index in [9.17, 15) is 8.42 Å². The molecule has 2 heterocycles. The van der Waals surface area contributed by atoms with Gasteiger partial charge in [-0.15, -0.1) is 11.3 Å². The number of rotatable bonds is 5. The molecule has 7 nitrogen and oxygen atoms in total. The molecule has 1 atom stereocenters. The molecular formula is C9H12N4O3S2. The van der Waals surface area contributed by atoms with Crippen molar-refractivity contribution in [2.24, 2.45) is 0 Å². The fourth-order valence-electron chi connectivity index (χ4n) is 1.36. The van der Waals surface area contributed by atoms with Crippen LogP contribution in [0.5, 0.6) is 0 Å². The van der Waals surface area contributed by atoms with Crippen molar-refractivity contribution in [3.8, 4) is 0 Å². The Morgan fingerprint density at radius 3 is 2.89 bits per heavy atom. The van der Waals surface area contributed by atoms with E-state index in [-0.39, 0.29) is 10.8 Å². The molecule has 0 aliphatic heterocycles. The summed E-state index contributed by atoms with van der Waals surface area (Å²) in [5.41, 5.74) is 0. The SMILES string of the molecule is CC(NS(=O)(=O)c1ccc(CO)s1)c1ncn[nH]1. The highest BCUT2D eigenvalue weighted by Gasteiger charge is 2.21. The normalized spacial score (nSPS) is 13.7. The summed E-state index contributed by atoms with van der Waals surface area (Å²) in [6.45, 7) is 1.50. The van der Waals surface area contributed by atoms with Gasteiger partial charge in [0, 0.05) is 4.88 Å². The molecular weight excluding hydrogens is 276 g/mol. The number of hydrogen-bond donors (Lipinski definition) is 3. The number of thiophene rings is 1. The van der Waals surface area contributed by atoms with Gasteiger partial charge >= 0.3 is 0 Å². The minimum absolute atomic E-state index is 0.165. The quantitative estimate of drug-likeness (QED) is 0.738. The van der Waals surface area contributed by atoms with E-state index in [1.165, 1.54) is 12.4 Å². The molecule has 0 fully saturated rings. The van der Waals surface area contributed by atoms with Gasteiger partial charge in [0.15, 0.2) is 0 Å². The standard InChI is InChI=1S/C9H12N4O3S2/c1-6(9-10-5-11-12-9)13-18(15,16)8-3-2-7(4-14)17-8/h2-3,5-6,13-14H,4H2,1H3,(H,10,11,12). The van der Waals surface area contributed by atoms with Crippen LogP contribution in [-0.2, 0) is 16.6 Å². The molecule has 9 heteroatoms. The van der Waals surface area contributed by atoms with Gasteiger partial charge in [-0.25, -0.2) is 18.1 Å². The summed E-state index contributed by atoms with van der Waals surface area (Å²) in [5.74, 6) is 0.442. The lowest BCUT2D eigenvalue weighted by Crippen LogP contribution is -2.27. The molecule has 2 rings (SSSR count). The molecule has 0 saturated heterocycles. The molecule has 0 aliphatic rings. The highest BCUT2D eigenvalue weighted by molar-refractivity contribution is 7.91. The molecule has 0 aromatic carbocycles. The molecule has 0 aliphatic carbocycles. The summed E-state index contributed by atoms with van der Waals surface area (Å²) >= 11 is 1.03. The maximum atomic E-state index is 12.0. The zero-order chi connectivity index (χ0) is 13.2. The van der Waals surface area contributed by atoms with E-state index >= 15 is 0 Å². The van der Waals surface area contributed by atoms with Crippen molar-refractivity contribution in [1.82, 2.24) is 19.9 Å². The lowest BCUT2D eigenvalue weighted by Gasteiger charge is -2.10. The number of aromatic amines is 1. The molecule has 98 valence electrons. The van der Waals surface area contributed by atoms with Crippen LogP contribution in [0.2, 0.25) is 0 Å². The van der Waals surface area contributed by atoms with Crippen LogP contribution in [-0.4, -0.2) is 28.7 Å². The highest BCUT2D eigenvalue weighted by atomic mass is 32.2. The fourth-order valence-corrected chi connectivity index (χ4v) is 3.80. The van der Waals surface area contributed by atoms with Crippen molar-refractivity contribution in [3.05, 3.63) is 29.2 Å². The second-order valence-electron chi connectivity index (χ2n) is 3.59. The molecule has 2 aromatic heterocycles. The summed E-state index contributed by atoms with van der Waals surface area (Å²) in [4.78, 5) is 4.48. The summed E-state index contributed by atoms with van der Waals surface area (Å²) in [5, 5.41) is 15.2. The number of aliphatic hydroxyl groups excluding tert-OH is 1. The van der Waals surface area contributed by atoms with Crippen LogP contribution in [0, 0.1) is 0 Å². The summed E-state index contributed by atoms with van der Waals surface area (Å²) in [6.07, 6.45) is 1.31. The number of H-pyrrole nitrogens is 1. The molecule has 2 aromatic rings. The van der Waals surface area contributed by atoms with Gasteiger partial charge in [0.1, 0.15) is 16.4 Å². The first-order valence-corrected chi connectivity index (χ1v) is 7.40. The van der Waals surface area contributed by atoms with Crippen molar-refractivity contribution in [1.29, 1.82) is 0 Å². The third kappa shape index (κ3) is 2.75. The first-order valence-electron chi connectivity index (χ1n) is 5.10. The number of sulfonamides is 1. The summed E-state index contributed by atoms with van der Waals surface area (Å²) in [6, 6.07) is 2.54. The topological polar surface area (TPSA) is 108 Å². The van der Waals surface area contributed by atoms with Crippen LogP contribution in [0.15, 0.2) is 22.7 Å². The van der Waals surface area contributed by atoms with E-state index in [0.717, 1.165) is 11.3 Å². The zero-order valence-corrected chi connectivity index (χ0v) is 11.1. The Balaban J connectivity index is 2.17. The van der Waals surface area contributed by atoms with Crippen molar-refractivity contribution in [2.45, 2.75) is 23.8 Å². The Morgan fingerprint density at radius 1 is 1.56 bits per heavy atom. The minimum atomic E-state index is -3.61. The largest absolute Gasteiger partial charge is 0.391 e. The zero-order valence-electron chi connectivity index (χ0n) is 9.49.